The summed E-state index contributed by atoms with van der Waals surface area (Å²) in [6.45, 7) is 1.63. The van der Waals surface area contributed by atoms with E-state index < -0.39 is 12.3 Å². The summed E-state index contributed by atoms with van der Waals surface area (Å²) in [4.78, 5) is 11.7. The SMILES string of the molecule is CCC(F)C(F)CCCSC(=O)c1ccccc1. The Balaban J connectivity index is 2.21. The maximum atomic E-state index is 13.2. The number of alkyl halides is 2. The van der Waals surface area contributed by atoms with Gasteiger partial charge in [-0.15, -0.1) is 0 Å². The summed E-state index contributed by atoms with van der Waals surface area (Å²) in [5.41, 5.74) is 0.649. The zero-order valence-electron chi connectivity index (χ0n) is 10.4. The molecule has 2 unspecified atom stereocenters. The molecule has 4 heteroatoms. The van der Waals surface area contributed by atoms with Crippen LogP contribution in [0.15, 0.2) is 30.3 Å². The molecule has 0 amide bonds. The van der Waals surface area contributed by atoms with Crippen molar-refractivity contribution in [1.82, 2.24) is 0 Å². The molecule has 1 aromatic carbocycles. The summed E-state index contributed by atoms with van der Waals surface area (Å²) in [6, 6.07) is 8.96. The smallest absolute Gasteiger partial charge is 0.219 e. The Labute approximate surface area is 111 Å². The number of carbonyl (C=O) groups is 1. The third-order valence-corrected chi connectivity index (χ3v) is 3.64. The second-order valence-corrected chi connectivity index (χ2v) is 5.15. The van der Waals surface area contributed by atoms with Crippen LogP contribution in [0, 0.1) is 0 Å². The number of hydrogen-bond acceptors (Lipinski definition) is 2. The van der Waals surface area contributed by atoms with Crippen LogP contribution < -0.4 is 0 Å². The second kappa shape index (κ2) is 8.25. The number of carbonyl (C=O) groups excluding carboxylic acids is 1. The summed E-state index contributed by atoms with van der Waals surface area (Å²) in [5.74, 6) is 0.532. The number of hydrogen-bond donors (Lipinski definition) is 0. The van der Waals surface area contributed by atoms with Crippen molar-refractivity contribution in [2.75, 3.05) is 5.75 Å². The largest absolute Gasteiger partial charge is 0.282 e. The fourth-order valence-electron chi connectivity index (χ4n) is 1.54. The van der Waals surface area contributed by atoms with Crippen molar-refractivity contribution >= 4 is 16.9 Å². The van der Waals surface area contributed by atoms with Gasteiger partial charge in [0.15, 0.2) is 0 Å². The van der Waals surface area contributed by atoms with Crippen molar-refractivity contribution in [3.05, 3.63) is 35.9 Å². The van der Waals surface area contributed by atoms with Crippen molar-refractivity contribution in [3.63, 3.8) is 0 Å². The molecule has 0 fully saturated rings. The van der Waals surface area contributed by atoms with E-state index in [2.05, 4.69) is 0 Å². The summed E-state index contributed by atoms with van der Waals surface area (Å²) >= 11 is 1.16. The molecule has 0 spiro atoms. The van der Waals surface area contributed by atoms with E-state index in [4.69, 9.17) is 0 Å². The van der Waals surface area contributed by atoms with E-state index in [1.165, 1.54) is 0 Å². The molecule has 1 nitrogen and oxygen atoms in total. The van der Waals surface area contributed by atoms with Gasteiger partial charge in [-0.3, -0.25) is 4.79 Å². The number of benzene rings is 1. The molecule has 0 heterocycles. The maximum absolute atomic E-state index is 13.2. The summed E-state index contributed by atoms with van der Waals surface area (Å²) in [6.07, 6.45) is -1.87. The highest BCUT2D eigenvalue weighted by Gasteiger charge is 2.17. The number of rotatable bonds is 7. The quantitative estimate of drug-likeness (QED) is 0.683. The molecule has 0 radical (unpaired) electrons. The summed E-state index contributed by atoms with van der Waals surface area (Å²) < 4.78 is 26.1. The third kappa shape index (κ3) is 5.17. The van der Waals surface area contributed by atoms with Crippen molar-refractivity contribution in [3.8, 4) is 0 Å². The van der Waals surface area contributed by atoms with Crippen LogP contribution in [0.3, 0.4) is 0 Å². The zero-order chi connectivity index (χ0) is 13.4. The van der Waals surface area contributed by atoms with E-state index in [9.17, 15) is 13.6 Å². The first kappa shape index (κ1) is 15.2. The van der Waals surface area contributed by atoms with Crippen LogP contribution in [0.2, 0.25) is 0 Å². The molecule has 0 bridgehead atoms. The van der Waals surface area contributed by atoms with E-state index in [1.54, 1.807) is 31.2 Å². The average molecular weight is 272 g/mol. The Bertz CT molecular complexity index is 356. The van der Waals surface area contributed by atoms with Gasteiger partial charge in [0.2, 0.25) is 5.12 Å². The lowest BCUT2D eigenvalue weighted by Crippen LogP contribution is -2.16. The standard InChI is InChI=1S/C14H18F2OS/c1-2-12(15)13(16)9-6-10-18-14(17)11-7-4-3-5-8-11/h3-5,7-8,12-13H,2,6,9-10H2,1H3. The van der Waals surface area contributed by atoms with E-state index in [0.29, 0.717) is 17.7 Å². The van der Waals surface area contributed by atoms with Crippen LogP contribution in [0.5, 0.6) is 0 Å². The molecule has 0 saturated heterocycles. The van der Waals surface area contributed by atoms with Gasteiger partial charge in [-0.25, -0.2) is 8.78 Å². The van der Waals surface area contributed by atoms with Crippen LogP contribution in [0.25, 0.3) is 0 Å². The highest BCUT2D eigenvalue weighted by atomic mass is 32.2. The first-order valence-electron chi connectivity index (χ1n) is 6.15. The highest BCUT2D eigenvalue weighted by molar-refractivity contribution is 8.14. The topological polar surface area (TPSA) is 17.1 Å². The number of halogens is 2. The molecule has 1 aromatic rings. The van der Waals surface area contributed by atoms with Gasteiger partial charge < -0.3 is 0 Å². The molecule has 100 valence electrons. The van der Waals surface area contributed by atoms with Crippen molar-refractivity contribution in [1.29, 1.82) is 0 Å². The molecule has 0 saturated carbocycles. The van der Waals surface area contributed by atoms with Crippen LogP contribution in [0.1, 0.15) is 36.5 Å². The predicted octanol–water partition coefficient (Wildman–Crippen LogP) is 4.43. The lowest BCUT2D eigenvalue weighted by molar-refractivity contribution is 0.108. The van der Waals surface area contributed by atoms with Crippen LogP contribution in [-0.2, 0) is 0 Å². The van der Waals surface area contributed by atoms with E-state index in [-0.39, 0.29) is 18.0 Å². The van der Waals surface area contributed by atoms with Crippen molar-refractivity contribution < 1.29 is 13.6 Å². The van der Waals surface area contributed by atoms with Gasteiger partial charge in [0.05, 0.1) is 0 Å². The Hall–Kier alpha value is -0.900. The van der Waals surface area contributed by atoms with Crippen LogP contribution >= 0.6 is 11.8 Å². The molecule has 0 aliphatic heterocycles. The molecule has 1 rings (SSSR count). The monoisotopic (exact) mass is 272 g/mol. The zero-order valence-corrected chi connectivity index (χ0v) is 11.3. The van der Waals surface area contributed by atoms with Gasteiger partial charge in [-0.1, -0.05) is 49.0 Å². The van der Waals surface area contributed by atoms with E-state index in [0.717, 1.165) is 11.8 Å². The fourth-order valence-corrected chi connectivity index (χ4v) is 2.34. The van der Waals surface area contributed by atoms with Gasteiger partial charge in [0.1, 0.15) is 12.3 Å². The minimum Gasteiger partial charge on any atom is -0.282 e. The molecule has 0 aromatic heterocycles. The fraction of sp³-hybridized carbons (Fsp3) is 0.500. The van der Waals surface area contributed by atoms with Gasteiger partial charge in [0, 0.05) is 11.3 Å². The Kier molecular flexibility index (Phi) is 6.94. The minimum atomic E-state index is -1.40. The molecule has 0 aliphatic carbocycles. The van der Waals surface area contributed by atoms with Gasteiger partial charge in [0.25, 0.3) is 0 Å². The molecule has 0 N–H and O–H groups in total. The normalized spacial score (nSPS) is 14.2. The van der Waals surface area contributed by atoms with Gasteiger partial charge in [-0.05, 0) is 19.3 Å². The second-order valence-electron chi connectivity index (χ2n) is 4.08. The molecular formula is C14H18F2OS. The predicted molar refractivity (Wildman–Crippen MR) is 72.5 cm³/mol. The molecule has 18 heavy (non-hydrogen) atoms. The summed E-state index contributed by atoms with van der Waals surface area (Å²) in [5, 5.41) is -0.0155. The van der Waals surface area contributed by atoms with E-state index in [1.807, 2.05) is 6.07 Å². The molecule has 0 aliphatic rings. The lowest BCUT2D eigenvalue weighted by Gasteiger charge is -2.10. The van der Waals surface area contributed by atoms with Crippen molar-refractivity contribution in [2.24, 2.45) is 0 Å². The van der Waals surface area contributed by atoms with Gasteiger partial charge >= 0.3 is 0 Å². The summed E-state index contributed by atoms with van der Waals surface area (Å²) in [7, 11) is 0. The third-order valence-electron chi connectivity index (χ3n) is 2.65. The minimum absolute atomic E-state index is 0.0155. The van der Waals surface area contributed by atoms with E-state index >= 15 is 0 Å². The van der Waals surface area contributed by atoms with Crippen LogP contribution in [0.4, 0.5) is 8.78 Å². The van der Waals surface area contributed by atoms with Crippen LogP contribution in [-0.4, -0.2) is 23.2 Å². The maximum Gasteiger partial charge on any atom is 0.219 e. The first-order chi connectivity index (χ1) is 8.65. The van der Waals surface area contributed by atoms with Gasteiger partial charge in [-0.2, -0.15) is 0 Å². The Morgan fingerprint density at radius 3 is 2.50 bits per heavy atom. The molecular weight excluding hydrogens is 254 g/mol. The molecule has 2 atom stereocenters. The lowest BCUT2D eigenvalue weighted by atomic mass is 10.1. The Morgan fingerprint density at radius 1 is 1.22 bits per heavy atom. The average Bonchev–Trinajstić information content (AvgIpc) is 2.43. The van der Waals surface area contributed by atoms with Crippen molar-refractivity contribution in [2.45, 2.75) is 38.5 Å². The Morgan fingerprint density at radius 2 is 1.89 bits per heavy atom. The first-order valence-corrected chi connectivity index (χ1v) is 7.14. The highest BCUT2D eigenvalue weighted by Crippen LogP contribution is 2.18. The number of thioether (sulfide) groups is 1.